The Morgan fingerprint density at radius 3 is 2.44 bits per heavy atom. The molecule has 1 saturated heterocycles. The molecule has 1 fully saturated rings. The highest BCUT2D eigenvalue weighted by atomic mass is 32.2. The fourth-order valence-corrected chi connectivity index (χ4v) is 1.79. The van der Waals surface area contributed by atoms with Crippen LogP contribution in [0.4, 0.5) is 8.78 Å². The summed E-state index contributed by atoms with van der Waals surface area (Å²) in [6.07, 6.45) is -0.473. The van der Waals surface area contributed by atoms with E-state index in [9.17, 15) is 22.0 Å². The molecule has 0 aromatic heterocycles. The van der Waals surface area contributed by atoms with E-state index >= 15 is 0 Å². The van der Waals surface area contributed by atoms with Crippen molar-refractivity contribution < 1.29 is 26.7 Å². The smallest absolute Gasteiger partial charge is 0.377 e. The van der Waals surface area contributed by atoms with E-state index in [2.05, 4.69) is 10.1 Å². The normalized spacial score (nSPS) is 24.1. The lowest BCUT2D eigenvalue weighted by atomic mass is 10.1. The average Bonchev–Trinajstić information content (AvgIpc) is 2.38. The van der Waals surface area contributed by atoms with Crippen molar-refractivity contribution in [2.24, 2.45) is 0 Å². The summed E-state index contributed by atoms with van der Waals surface area (Å²) in [4.78, 5) is 10.7. The van der Waals surface area contributed by atoms with Crippen molar-refractivity contribution >= 4 is 15.8 Å². The van der Waals surface area contributed by atoms with E-state index in [-0.39, 0.29) is 13.1 Å². The number of sulfone groups is 1. The number of hydrogen-bond acceptors (Lipinski definition) is 5. The Kier molecular flexibility index (Phi) is 4.02. The average molecular weight is 285 g/mol. The Morgan fingerprint density at radius 2 is 2.06 bits per heavy atom. The molecule has 1 aliphatic rings. The molecule has 0 aromatic carbocycles. The van der Waals surface area contributed by atoms with Gasteiger partial charge in [-0.3, -0.25) is 0 Å². The first kappa shape index (κ1) is 15.3. The summed E-state index contributed by atoms with van der Waals surface area (Å²) in [5.74, 6) is -4.95. The van der Waals surface area contributed by atoms with Gasteiger partial charge in [0, 0.05) is 19.3 Å². The number of hydrogen-bond donors (Lipinski definition) is 1. The second kappa shape index (κ2) is 4.73. The predicted octanol–water partition coefficient (Wildman–Crippen LogP) is 0.350. The molecule has 0 radical (unpaired) electrons. The predicted molar refractivity (Wildman–Crippen MR) is 61.2 cm³/mol. The van der Waals surface area contributed by atoms with Gasteiger partial charge in [-0.2, -0.15) is 8.78 Å². The van der Waals surface area contributed by atoms with Crippen LogP contribution in [0.3, 0.4) is 0 Å². The molecule has 18 heavy (non-hydrogen) atoms. The lowest BCUT2D eigenvalue weighted by Crippen LogP contribution is -2.43. The van der Waals surface area contributed by atoms with Crippen molar-refractivity contribution in [3.63, 3.8) is 0 Å². The van der Waals surface area contributed by atoms with Gasteiger partial charge in [-0.05, 0) is 13.8 Å². The molecular formula is C10H17F2NO4S. The largest absolute Gasteiger partial charge is 0.456 e. The number of carbonyl (C=O) groups is 1. The first-order chi connectivity index (χ1) is 7.96. The Labute approximate surface area is 105 Å². The van der Waals surface area contributed by atoms with Gasteiger partial charge >= 0.3 is 11.9 Å². The van der Waals surface area contributed by atoms with E-state index in [1.807, 2.05) is 0 Å². The number of carbonyl (C=O) groups excluding carboxylic acids is 1. The summed E-state index contributed by atoms with van der Waals surface area (Å²) < 4.78 is 51.9. The number of alkyl halides is 2. The lowest BCUT2D eigenvalue weighted by molar-refractivity contribution is -0.159. The van der Waals surface area contributed by atoms with Crippen LogP contribution in [0.25, 0.3) is 0 Å². The zero-order valence-electron chi connectivity index (χ0n) is 10.5. The molecular weight excluding hydrogens is 268 g/mol. The van der Waals surface area contributed by atoms with Crippen LogP contribution in [-0.4, -0.2) is 50.5 Å². The van der Waals surface area contributed by atoms with E-state index in [0.29, 0.717) is 0 Å². The summed E-state index contributed by atoms with van der Waals surface area (Å²) >= 11 is 0. The van der Waals surface area contributed by atoms with Gasteiger partial charge in [0.05, 0.1) is 11.2 Å². The zero-order valence-corrected chi connectivity index (χ0v) is 11.3. The summed E-state index contributed by atoms with van der Waals surface area (Å²) in [6.45, 7) is 3.18. The van der Waals surface area contributed by atoms with E-state index in [0.717, 1.165) is 6.26 Å². The molecule has 0 bridgehead atoms. The van der Waals surface area contributed by atoms with Crippen molar-refractivity contribution in [1.82, 2.24) is 5.32 Å². The Hall–Kier alpha value is -0.760. The summed E-state index contributed by atoms with van der Waals surface area (Å²) in [6, 6.07) is 0. The van der Waals surface area contributed by atoms with Gasteiger partial charge in [-0.1, -0.05) is 0 Å². The number of halogens is 2. The maximum absolute atomic E-state index is 12.8. The maximum atomic E-state index is 12.8. The van der Waals surface area contributed by atoms with Crippen molar-refractivity contribution in [2.75, 3.05) is 19.3 Å². The van der Waals surface area contributed by atoms with Crippen LogP contribution in [0.1, 0.15) is 20.3 Å². The zero-order chi connectivity index (χ0) is 14.2. The Bertz CT molecular complexity index is 433. The molecule has 0 amide bonds. The molecule has 1 aliphatic heterocycles. The second-order valence-corrected chi connectivity index (χ2v) is 7.75. The molecule has 5 nitrogen and oxygen atoms in total. The summed E-state index contributed by atoms with van der Waals surface area (Å²) in [5.41, 5.74) is 0. The third-order valence-electron chi connectivity index (χ3n) is 2.98. The van der Waals surface area contributed by atoms with Crippen LogP contribution < -0.4 is 5.32 Å². The van der Waals surface area contributed by atoms with Crippen LogP contribution in [0.15, 0.2) is 0 Å². The summed E-state index contributed by atoms with van der Waals surface area (Å²) in [7, 11) is -3.25. The van der Waals surface area contributed by atoms with Crippen LogP contribution in [-0.2, 0) is 19.4 Å². The van der Waals surface area contributed by atoms with Gasteiger partial charge in [0.15, 0.2) is 9.84 Å². The molecule has 8 heteroatoms. The molecule has 0 aromatic rings. The van der Waals surface area contributed by atoms with Gasteiger partial charge in [0.2, 0.25) is 0 Å². The minimum Gasteiger partial charge on any atom is -0.456 e. The standard InChI is InChI=1S/C10H17F2NO4S/c1-9(2,18(3,15)16)6-13-5-7-4-10(11,12)8(14)17-7/h7,13H,4-6H2,1-3H3. The van der Waals surface area contributed by atoms with Gasteiger partial charge in [0.1, 0.15) is 6.10 Å². The monoisotopic (exact) mass is 285 g/mol. The molecule has 106 valence electrons. The third kappa shape index (κ3) is 3.38. The quantitative estimate of drug-likeness (QED) is 0.738. The molecule has 1 rings (SSSR count). The van der Waals surface area contributed by atoms with Crippen LogP contribution >= 0.6 is 0 Å². The number of nitrogens with one attached hydrogen (secondary N) is 1. The van der Waals surface area contributed by atoms with E-state index < -0.39 is 39.0 Å². The Balaban J connectivity index is 2.43. The number of esters is 1. The van der Waals surface area contributed by atoms with Gasteiger partial charge in [-0.25, -0.2) is 13.2 Å². The SMILES string of the molecule is CC(C)(CNCC1CC(F)(F)C(=O)O1)S(C)(=O)=O. The number of rotatable bonds is 5. The van der Waals surface area contributed by atoms with Gasteiger partial charge < -0.3 is 10.1 Å². The topological polar surface area (TPSA) is 72.5 Å². The van der Waals surface area contributed by atoms with Crippen LogP contribution in [0.5, 0.6) is 0 Å². The van der Waals surface area contributed by atoms with Crippen LogP contribution in [0, 0.1) is 0 Å². The molecule has 0 aliphatic carbocycles. The highest BCUT2D eigenvalue weighted by Gasteiger charge is 2.50. The second-order valence-electron chi connectivity index (χ2n) is 5.10. The number of ether oxygens (including phenoxy) is 1. The van der Waals surface area contributed by atoms with Crippen molar-refractivity contribution in [3.05, 3.63) is 0 Å². The minimum absolute atomic E-state index is 0.0142. The van der Waals surface area contributed by atoms with Crippen LogP contribution in [0.2, 0.25) is 0 Å². The van der Waals surface area contributed by atoms with Crippen molar-refractivity contribution in [3.8, 4) is 0 Å². The first-order valence-corrected chi connectivity index (χ1v) is 7.34. The highest BCUT2D eigenvalue weighted by Crippen LogP contribution is 2.30. The van der Waals surface area contributed by atoms with Gasteiger partial charge in [0.25, 0.3) is 0 Å². The van der Waals surface area contributed by atoms with Crippen molar-refractivity contribution in [2.45, 2.75) is 37.0 Å². The fraction of sp³-hybridized carbons (Fsp3) is 0.900. The van der Waals surface area contributed by atoms with E-state index in [1.165, 1.54) is 13.8 Å². The fourth-order valence-electron chi connectivity index (χ4n) is 1.43. The highest BCUT2D eigenvalue weighted by molar-refractivity contribution is 7.92. The molecule has 0 spiro atoms. The van der Waals surface area contributed by atoms with Gasteiger partial charge in [-0.15, -0.1) is 0 Å². The molecule has 1 N–H and O–H groups in total. The third-order valence-corrected chi connectivity index (χ3v) is 5.13. The van der Waals surface area contributed by atoms with E-state index in [4.69, 9.17) is 0 Å². The number of cyclic esters (lactones) is 1. The van der Waals surface area contributed by atoms with Crippen molar-refractivity contribution in [1.29, 1.82) is 0 Å². The lowest BCUT2D eigenvalue weighted by Gasteiger charge is -2.23. The molecule has 1 heterocycles. The minimum atomic E-state index is -3.43. The molecule has 0 saturated carbocycles. The maximum Gasteiger partial charge on any atom is 0.377 e. The molecule has 1 atom stereocenters. The summed E-state index contributed by atoms with van der Waals surface area (Å²) in [5, 5.41) is 2.74. The Morgan fingerprint density at radius 1 is 1.50 bits per heavy atom. The van der Waals surface area contributed by atoms with E-state index in [1.54, 1.807) is 0 Å². The first-order valence-electron chi connectivity index (χ1n) is 5.45. The molecule has 1 unspecified atom stereocenters.